The summed E-state index contributed by atoms with van der Waals surface area (Å²) in [6.45, 7) is 9.55. The van der Waals surface area contributed by atoms with Crippen molar-refractivity contribution in [3.63, 3.8) is 0 Å². The number of amides is 1. The van der Waals surface area contributed by atoms with Gasteiger partial charge in [-0.25, -0.2) is 9.59 Å². The maximum Gasteiger partial charge on any atom is 0.443 e. The van der Waals surface area contributed by atoms with Gasteiger partial charge < -0.3 is 9.57 Å². The van der Waals surface area contributed by atoms with Crippen molar-refractivity contribution in [1.29, 1.82) is 0 Å². The molecule has 0 saturated carbocycles. The van der Waals surface area contributed by atoms with E-state index < -0.39 is 23.1 Å². The first-order valence-corrected chi connectivity index (χ1v) is 9.23. The van der Waals surface area contributed by atoms with Crippen molar-refractivity contribution in [2.24, 2.45) is 0 Å². The molecule has 5 nitrogen and oxygen atoms in total. The van der Waals surface area contributed by atoms with Crippen LogP contribution in [0.15, 0.2) is 67.2 Å². The van der Waals surface area contributed by atoms with E-state index in [9.17, 15) is 9.59 Å². The smallest absolute Gasteiger partial charge is 0.442 e. The number of hydrogen-bond donors (Lipinski definition) is 0. The van der Waals surface area contributed by atoms with Crippen molar-refractivity contribution in [3.8, 4) is 0 Å². The molecule has 2 aromatic rings. The number of ether oxygens (including phenoxy) is 1. The first-order chi connectivity index (χ1) is 13.2. The molecule has 1 fully saturated rings. The zero-order valence-electron chi connectivity index (χ0n) is 16.5. The number of rotatable bonds is 4. The minimum Gasteiger partial charge on any atom is -0.442 e. The van der Waals surface area contributed by atoms with E-state index in [1.165, 1.54) is 0 Å². The number of allylic oxidation sites excluding steroid dienone is 1. The summed E-state index contributed by atoms with van der Waals surface area (Å²) in [4.78, 5) is 30.9. The average Bonchev–Trinajstić information content (AvgIpc) is 2.99. The number of carbonyl (C=O) groups is 2. The van der Waals surface area contributed by atoms with Crippen LogP contribution < -0.4 is 0 Å². The van der Waals surface area contributed by atoms with Crippen LogP contribution in [0.2, 0.25) is 0 Å². The van der Waals surface area contributed by atoms with Crippen LogP contribution in [0.25, 0.3) is 5.57 Å². The predicted molar refractivity (Wildman–Crippen MR) is 107 cm³/mol. The molecule has 1 heterocycles. The van der Waals surface area contributed by atoms with E-state index >= 15 is 0 Å². The molecule has 0 spiro atoms. The highest BCUT2D eigenvalue weighted by molar-refractivity contribution is 5.90. The molecule has 5 heteroatoms. The SMILES string of the molecule is C=C(C[C@]1(c2ccccc2)CN(C(=O)OC(C)(C)C)OC1=O)c1ccccc1. The van der Waals surface area contributed by atoms with E-state index in [-0.39, 0.29) is 6.54 Å². The van der Waals surface area contributed by atoms with Gasteiger partial charge in [0.15, 0.2) is 0 Å². The highest BCUT2D eigenvalue weighted by Crippen LogP contribution is 2.40. The van der Waals surface area contributed by atoms with Gasteiger partial charge in [-0.15, -0.1) is 5.06 Å². The Morgan fingerprint density at radius 3 is 2.25 bits per heavy atom. The second kappa shape index (κ2) is 7.50. The second-order valence-corrected chi connectivity index (χ2v) is 7.99. The van der Waals surface area contributed by atoms with E-state index in [0.717, 1.165) is 21.8 Å². The van der Waals surface area contributed by atoms with Crippen LogP contribution in [-0.4, -0.2) is 29.3 Å². The summed E-state index contributed by atoms with van der Waals surface area (Å²) >= 11 is 0. The van der Waals surface area contributed by atoms with Gasteiger partial charge in [-0.1, -0.05) is 67.2 Å². The summed E-state index contributed by atoms with van der Waals surface area (Å²) in [6, 6.07) is 19.0. The summed E-state index contributed by atoms with van der Waals surface area (Å²) in [5.41, 5.74) is 0.803. The van der Waals surface area contributed by atoms with Crippen LogP contribution >= 0.6 is 0 Å². The zero-order valence-corrected chi connectivity index (χ0v) is 16.5. The molecule has 1 saturated heterocycles. The van der Waals surface area contributed by atoms with Crippen LogP contribution in [0, 0.1) is 0 Å². The molecule has 1 aliphatic rings. The molecule has 0 aromatic heterocycles. The lowest BCUT2D eigenvalue weighted by atomic mass is 9.75. The lowest BCUT2D eigenvalue weighted by Crippen LogP contribution is -2.39. The van der Waals surface area contributed by atoms with Gasteiger partial charge in [0.1, 0.15) is 11.0 Å². The lowest BCUT2D eigenvalue weighted by molar-refractivity contribution is -0.167. The number of carbonyl (C=O) groups excluding carboxylic acids is 2. The fraction of sp³-hybridized carbons (Fsp3) is 0.304. The first-order valence-electron chi connectivity index (χ1n) is 9.23. The Kier molecular flexibility index (Phi) is 5.27. The summed E-state index contributed by atoms with van der Waals surface area (Å²) in [7, 11) is 0. The van der Waals surface area contributed by atoms with Crippen molar-refractivity contribution in [3.05, 3.63) is 78.4 Å². The van der Waals surface area contributed by atoms with E-state index in [1.54, 1.807) is 20.8 Å². The van der Waals surface area contributed by atoms with E-state index in [4.69, 9.17) is 9.57 Å². The summed E-state index contributed by atoms with van der Waals surface area (Å²) in [5.74, 6) is -0.485. The molecule has 0 N–H and O–H groups in total. The molecular weight excluding hydrogens is 354 g/mol. The summed E-state index contributed by atoms with van der Waals surface area (Å²) < 4.78 is 5.38. The molecule has 2 aromatic carbocycles. The van der Waals surface area contributed by atoms with Gasteiger partial charge in [-0.3, -0.25) is 0 Å². The van der Waals surface area contributed by atoms with E-state index in [1.807, 2.05) is 60.7 Å². The molecule has 1 amide bonds. The van der Waals surface area contributed by atoms with Crippen molar-refractivity contribution < 1.29 is 19.2 Å². The van der Waals surface area contributed by atoms with Gasteiger partial charge in [0.2, 0.25) is 0 Å². The third kappa shape index (κ3) is 4.09. The lowest BCUT2D eigenvalue weighted by Gasteiger charge is -2.26. The molecule has 1 aliphatic heterocycles. The van der Waals surface area contributed by atoms with Crippen LogP contribution in [0.1, 0.15) is 38.3 Å². The Bertz CT molecular complexity index is 870. The largest absolute Gasteiger partial charge is 0.443 e. The first kappa shape index (κ1) is 19.7. The predicted octanol–water partition coefficient (Wildman–Crippen LogP) is 4.74. The zero-order chi connectivity index (χ0) is 20.4. The molecular formula is C23H25NO4. The number of nitrogens with zero attached hydrogens (tertiary/aromatic N) is 1. The van der Waals surface area contributed by atoms with Gasteiger partial charge in [-0.2, -0.15) is 0 Å². The van der Waals surface area contributed by atoms with Crippen LogP contribution in [0.5, 0.6) is 0 Å². The Labute approximate surface area is 165 Å². The van der Waals surface area contributed by atoms with Crippen molar-refractivity contribution in [1.82, 2.24) is 5.06 Å². The van der Waals surface area contributed by atoms with Crippen molar-refractivity contribution in [2.75, 3.05) is 6.54 Å². The topological polar surface area (TPSA) is 55.8 Å². The van der Waals surface area contributed by atoms with Gasteiger partial charge >= 0.3 is 12.1 Å². The third-order valence-corrected chi connectivity index (χ3v) is 4.62. The molecule has 28 heavy (non-hydrogen) atoms. The maximum atomic E-state index is 13.0. The normalized spacial score (nSPS) is 19.2. The Hall–Kier alpha value is -3.08. The summed E-state index contributed by atoms with van der Waals surface area (Å²) in [6.07, 6.45) is -0.344. The minimum atomic E-state index is -1.04. The minimum absolute atomic E-state index is 0.0661. The fourth-order valence-corrected chi connectivity index (χ4v) is 3.28. The standard InChI is InChI=1S/C23H25NO4/c1-17(18-11-7-5-8-12-18)15-23(19-13-9-6-10-14-19)16-24(28-20(23)25)21(26)27-22(2,3)4/h5-14H,1,15-16H2,2-4H3/t23-/m1/s1. The fourth-order valence-electron chi connectivity index (χ4n) is 3.28. The number of hydroxylamine groups is 2. The molecule has 0 bridgehead atoms. The Morgan fingerprint density at radius 2 is 1.68 bits per heavy atom. The highest BCUT2D eigenvalue weighted by Gasteiger charge is 2.52. The molecule has 1 atom stereocenters. The number of benzene rings is 2. The van der Waals surface area contributed by atoms with Crippen LogP contribution in [0.3, 0.4) is 0 Å². The molecule has 0 unspecified atom stereocenters. The van der Waals surface area contributed by atoms with Crippen LogP contribution in [0.4, 0.5) is 4.79 Å². The Balaban J connectivity index is 1.93. The van der Waals surface area contributed by atoms with Gasteiger partial charge in [-0.05, 0) is 43.9 Å². The van der Waals surface area contributed by atoms with E-state index in [2.05, 4.69) is 6.58 Å². The highest BCUT2D eigenvalue weighted by atomic mass is 16.8. The molecule has 0 aliphatic carbocycles. The molecule has 146 valence electrons. The molecule has 0 radical (unpaired) electrons. The number of hydrogen-bond acceptors (Lipinski definition) is 4. The molecule has 3 rings (SSSR count). The summed E-state index contributed by atoms with van der Waals surface area (Å²) in [5, 5.41) is 1.01. The van der Waals surface area contributed by atoms with Gasteiger partial charge in [0, 0.05) is 0 Å². The average molecular weight is 379 g/mol. The van der Waals surface area contributed by atoms with Gasteiger partial charge in [0.05, 0.1) is 6.54 Å². The van der Waals surface area contributed by atoms with Crippen LogP contribution in [-0.2, 0) is 19.8 Å². The quantitative estimate of drug-likeness (QED) is 0.770. The monoisotopic (exact) mass is 379 g/mol. The van der Waals surface area contributed by atoms with Crippen molar-refractivity contribution >= 4 is 17.6 Å². The van der Waals surface area contributed by atoms with Crippen molar-refractivity contribution in [2.45, 2.75) is 38.2 Å². The van der Waals surface area contributed by atoms with E-state index in [0.29, 0.717) is 6.42 Å². The maximum absolute atomic E-state index is 13.0. The van der Waals surface area contributed by atoms with Gasteiger partial charge in [0.25, 0.3) is 0 Å². The Morgan fingerprint density at radius 1 is 1.11 bits per heavy atom. The third-order valence-electron chi connectivity index (χ3n) is 4.62. The second-order valence-electron chi connectivity index (χ2n) is 7.99.